The number of esters is 1. The normalized spacial score (nSPS) is 39.6. The van der Waals surface area contributed by atoms with Gasteiger partial charge in [-0.25, -0.2) is 4.79 Å². The number of allylic oxidation sites excluding steroid dienone is 2. The summed E-state index contributed by atoms with van der Waals surface area (Å²) in [4.78, 5) is 24.2. The molecule has 0 aromatic rings. The summed E-state index contributed by atoms with van der Waals surface area (Å²) in [5.41, 5.74) is 2.87. The highest BCUT2D eigenvalue weighted by molar-refractivity contribution is 5.94. The number of carbonyl (C=O) groups excluding carboxylic acids is 2. The van der Waals surface area contributed by atoms with Gasteiger partial charge in [-0.2, -0.15) is 0 Å². The fraction of sp³-hybridized carbons (Fsp3) is 0.667. The van der Waals surface area contributed by atoms with Crippen LogP contribution in [-0.2, 0) is 23.8 Å². The maximum atomic E-state index is 12.5. The number of hydrogen-bond donors (Lipinski definition) is 1. The highest BCUT2D eigenvalue weighted by Gasteiger charge is 2.61. The Hall–Kier alpha value is -1.66. The summed E-state index contributed by atoms with van der Waals surface area (Å²) in [6, 6.07) is -0.413. The van der Waals surface area contributed by atoms with Crippen LogP contribution in [0.1, 0.15) is 40.5 Å². The Labute approximate surface area is 141 Å². The summed E-state index contributed by atoms with van der Waals surface area (Å²) in [7, 11) is 0. The number of hydrogen-bond acceptors (Lipinski definition) is 5. The Morgan fingerprint density at radius 3 is 2.75 bits per heavy atom. The van der Waals surface area contributed by atoms with Gasteiger partial charge in [0, 0.05) is 12.5 Å². The Balaban J connectivity index is 1.83. The molecule has 1 saturated carbocycles. The summed E-state index contributed by atoms with van der Waals surface area (Å²) in [6.07, 6.45) is 2.82. The summed E-state index contributed by atoms with van der Waals surface area (Å²) in [6.45, 7) is 7.20. The molecule has 4 rings (SSSR count). The lowest BCUT2D eigenvalue weighted by atomic mass is 9.73. The third-order valence-corrected chi connectivity index (χ3v) is 5.36. The topological polar surface area (TPSA) is 73.9 Å². The van der Waals surface area contributed by atoms with Crippen molar-refractivity contribution in [1.29, 1.82) is 0 Å². The second kappa shape index (κ2) is 5.17. The van der Waals surface area contributed by atoms with E-state index in [-0.39, 0.29) is 30.0 Å². The van der Waals surface area contributed by atoms with Gasteiger partial charge in [0.25, 0.3) is 0 Å². The van der Waals surface area contributed by atoms with Crippen LogP contribution in [0.5, 0.6) is 0 Å². The van der Waals surface area contributed by atoms with Gasteiger partial charge in [0.15, 0.2) is 5.79 Å². The van der Waals surface area contributed by atoms with Gasteiger partial charge in [-0.1, -0.05) is 11.6 Å². The monoisotopic (exact) mass is 333 g/mol. The molecule has 0 unspecified atom stereocenters. The summed E-state index contributed by atoms with van der Waals surface area (Å²) in [5.74, 6) is -1.33. The third-order valence-electron chi connectivity index (χ3n) is 5.36. The number of amides is 1. The van der Waals surface area contributed by atoms with Crippen molar-refractivity contribution in [3.05, 3.63) is 22.8 Å². The maximum Gasteiger partial charge on any atom is 0.335 e. The lowest BCUT2D eigenvalue weighted by molar-refractivity contribution is -0.153. The minimum atomic E-state index is -0.735. The molecule has 2 aliphatic carbocycles. The highest BCUT2D eigenvalue weighted by atomic mass is 16.8. The van der Waals surface area contributed by atoms with Crippen LogP contribution >= 0.6 is 0 Å². The number of nitrogens with one attached hydrogen (secondary N) is 1. The first-order valence-corrected chi connectivity index (χ1v) is 8.52. The molecular formula is C18H23NO5. The lowest BCUT2D eigenvalue weighted by Gasteiger charge is -2.40. The Morgan fingerprint density at radius 1 is 1.29 bits per heavy atom. The van der Waals surface area contributed by atoms with Crippen LogP contribution in [0.3, 0.4) is 0 Å². The summed E-state index contributed by atoms with van der Waals surface area (Å²) in [5, 5.41) is 2.94. The molecule has 0 aromatic heterocycles. The molecule has 4 aliphatic rings. The fourth-order valence-corrected chi connectivity index (χ4v) is 4.53. The number of fused-ring (bicyclic) bond motifs is 2. The van der Waals surface area contributed by atoms with Crippen LogP contribution in [0.4, 0.5) is 0 Å². The molecule has 1 N–H and O–H groups in total. The molecule has 24 heavy (non-hydrogen) atoms. The zero-order valence-corrected chi connectivity index (χ0v) is 14.4. The van der Waals surface area contributed by atoms with E-state index in [9.17, 15) is 9.59 Å². The summed E-state index contributed by atoms with van der Waals surface area (Å²) < 4.78 is 17.9. The van der Waals surface area contributed by atoms with Crippen LogP contribution < -0.4 is 5.32 Å². The van der Waals surface area contributed by atoms with Gasteiger partial charge in [0.05, 0.1) is 12.0 Å². The van der Waals surface area contributed by atoms with Crippen LogP contribution in [-0.4, -0.2) is 42.0 Å². The molecule has 1 amide bonds. The van der Waals surface area contributed by atoms with Crippen molar-refractivity contribution in [2.45, 2.75) is 70.7 Å². The van der Waals surface area contributed by atoms with Crippen LogP contribution in [0.25, 0.3) is 0 Å². The van der Waals surface area contributed by atoms with E-state index in [0.29, 0.717) is 0 Å². The van der Waals surface area contributed by atoms with E-state index in [1.165, 1.54) is 6.92 Å². The first kappa shape index (κ1) is 15.8. The number of carbonyl (C=O) groups is 2. The van der Waals surface area contributed by atoms with Gasteiger partial charge >= 0.3 is 5.97 Å². The Morgan fingerprint density at radius 2 is 2.04 bits per heavy atom. The molecule has 2 heterocycles. The molecule has 6 nitrogen and oxygen atoms in total. The average molecular weight is 333 g/mol. The van der Waals surface area contributed by atoms with Crippen molar-refractivity contribution in [2.75, 3.05) is 0 Å². The van der Waals surface area contributed by atoms with Crippen LogP contribution in [0, 0.1) is 5.92 Å². The predicted octanol–water partition coefficient (Wildman–Crippen LogP) is 1.60. The quantitative estimate of drug-likeness (QED) is 0.583. The van der Waals surface area contributed by atoms with E-state index in [0.717, 1.165) is 29.6 Å². The van der Waals surface area contributed by atoms with Crippen molar-refractivity contribution in [3.63, 3.8) is 0 Å². The van der Waals surface area contributed by atoms with Gasteiger partial charge < -0.3 is 19.5 Å². The van der Waals surface area contributed by atoms with E-state index in [4.69, 9.17) is 14.2 Å². The van der Waals surface area contributed by atoms with E-state index in [1.807, 2.05) is 20.8 Å². The van der Waals surface area contributed by atoms with Crippen molar-refractivity contribution < 1.29 is 23.8 Å². The fourth-order valence-electron chi connectivity index (χ4n) is 4.53. The molecule has 2 saturated heterocycles. The van der Waals surface area contributed by atoms with Gasteiger partial charge in [-0.3, -0.25) is 4.79 Å². The first-order valence-electron chi connectivity index (χ1n) is 8.52. The maximum absolute atomic E-state index is 12.5. The molecule has 2 aliphatic heterocycles. The van der Waals surface area contributed by atoms with Gasteiger partial charge in [0.1, 0.15) is 18.3 Å². The van der Waals surface area contributed by atoms with E-state index < -0.39 is 17.9 Å². The zero-order chi connectivity index (χ0) is 17.2. The predicted molar refractivity (Wildman–Crippen MR) is 84.8 cm³/mol. The highest BCUT2D eigenvalue weighted by Crippen LogP contribution is 2.50. The van der Waals surface area contributed by atoms with Crippen molar-refractivity contribution in [1.82, 2.24) is 5.32 Å². The second-order valence-electron chi connectivity index (χ2n) is 7.53. The van der Waals surface area contributed by atoms with Gasteiger partial charge in [0.2, 0.25) is 5.91 Å². The van der Waals surface area contributed by atoms with Crippen LogP contribution in [0.2, 0.25) is 0 Å². The second-order valence-corrected chi connectivity index (χ2v) is 7.53. The Kier molecular flexibility index (Phi) is 3.41. The van der Waals surface area contributed by atoms with Crippen LogP contribution in [0.15, 0.2) is 22.8 Å². The average Bonchev–Trinajstić information content (AvgIpc) is 2.91. The van der Waals surface area contributed by atoms with Gasteiger partial charge in [-0.05, 0) is 39.2 Å². The summed E-state index contributed by atoms with van der Waals surface area (Å²) >= 11 is 0. The largest absolute Gasteiger partial charge is 0.456 e. The van der Waals surface area contributed by atoms with E-state index in [2.05, 4.69) is 11.4 Å². The van der Waals surface area contributed by atoms with Crippen molar-refractivity contribution >= 4 is 11.9 Å². The number of ether oxygens (including phenoxy) is 3. The molecule has 0 spiro atoms. The van der Waals surface area contributed by atoms with Gasteiger partial charge in [-0.15, -0.1) is 0 Å². The third kappa shape index (κ3) is 2.24. The van der Waals surface area contributed by atoms with E-state index in [1.54, 1.807) is 0 Å². The molecule has 0 radical (unpaired) electrons. The molecule has 6 heteroatoms. The Bertz CT molecular complexity index is 677. The lowest BCUT2D eigenvalue weighted by Crippen LogP contribution is -2.60. The van der Waals surface area contributed by atoms with Crippen molar-refractivity contribution in [2.24, 2.45) is 5.92 Å². The molecular weight excluding hydrogens is 310 g/mol. The van der Waals surface area contributed by atoms with E-state index >= 15 is 0 Å². The molecule has 5 atom stereocenters. The first-order chi connectivity index (χ1) is 11.3. The zero-order valence-electron chi connectivity index (χ0n) is 14.4. The SMILES string of the molecule is CC(=O)N[C@@H]1[C@@H]2OC(=O)C3=C(C)CCC=C([C@@H]32)[C@H]2OC(C)(C)O[C@@H]12. The van der Waals surface area contributed by atoms with Crippen molar-refractivity contribution in [3.8, 4) is 0 Å². The smallest absolute Gasteiger partial charge is 0.335 e. The minimum Gasteiger partial charge on any atom is -0.456 e. The molecule has 3 fully saturated rings. The number of rotatable bonds is 1. The minimum absolute atomic E-state index is 0.157. The molecule has 0 aromatic carbocycles. The molecule has 0 bridgehead atoms. The molecule has 130 valence electrons. The standard InChI is InChI=1S/C18H23NO5/c1-8-6-5-7-10-12-11(8)17(21)22-15(12)13(19-9(2)20)16-14(10)23-18(3,4)24-16/h7,12-16H,5-6H2,1-4H3,(H,19,20)/t12-,13+,14+,15+,16-/m0/s1.